The smallest absolute Gasteiger partial charge is 0.363 e. The van der Waals surface area contributed by atoms with E-state index in [1.54, 1.807) is 19.1 Å². The molecule has 3 rings (SSSR count). The molecule has 0 atom stereocenters. The summed E-state index contributed by atoms with van der Waals surface area (Å²) in [5, 5.41) is 22.1. The van der Waals surface area contributed by atoms with Crippen molar-refractivity contribution >= 4 is 29.3 Å². The van der Waals surface area contributed by atoms with E-state index in [4.69, 9.17) is 4.74 Å². The molecule has 1 heterocycles. The van der Waals surface area contributed by atoms with Crippen molar-refractivity contribution in [1.29, 1.82) is 0 Å². The second-order valence-corrected chi connectivity index (χ2v) is 5.41. The Bertz CT molecular complexity index is 1010. The zero-order valence-corrected chi connectivity index (χ0v) is 13.4. The van der Waals surface area contributed by atoms with Crippen LogP contribution in [0.3, 0.4) is 0 Å². The Balaban J connectivity index is 2.02. The van der Waals surface area contributed by atoms with Crippen molar-refractivity contribution in [2.24, 2.45) is 4.99 Å². The predicted octanol–water partition coefficient (Wildman–Crippen LogP) is 3.16. The van der Waals surface area contributed by atoms with Crippen molar-refractivity contribution in [2.75, 3.05) is 0 Å². The van der Waals surface area contributed by atoms with E-state index in [0.717, 1.165) is 0 Å². The third-order valence-electron chi connectivity index (χ3n) is 3.70. The van der Waals surface area contributed by atoms with E-state index in [2.05, 4.69) is 4.99 Å². The number of nitrogens with zero attached hydrogens (tertiary/aromatic N) is 3. The molecule has 130 valence electrons. The normalized spacial score (nSPS) is 14.9. The zero-order valence-electron chi connectivity index (χ0n) is 13.4. The van der Waals surface area contributed by atoms with Crippen molar-refractivity contribution in [3.8, 4) is 0 Å². The number of aryl methyl sites for hydroxylation is 1. The lowest BCUT2D eigenvalue weighted by Gasteiger charge is -2.01. The average molecular weight is 353 g/mol. The molecule has 0 aliphatic carbocycles. The molecule has 1 aliphatic rings. The van der Waals surface area contributed by atoms with Crippen LogP contribution in [0.15, 0.2) is 53.2 Å². The van der Waals surface area contributed by atoms with E-state index in [1.807, 2.05) is 0 Å². The van der Waals surface area contributed by atoms with E-state index in [0.29, 0.717) is 5.56 Å². The van der Waals surface area contributed by atoms with Crippen molar-refractivity contribution < 1.29 is 19.4 Å². The van der Waals surface area contributed by atoms with Gasteiger partial charge in [-0.3, -0.25) is 20.2 Å². The first-order valence-corrected chi connectivity index (χ1v) is 7.38. The minimum Gasteiger partial charge on any atom is -0.402 e. The average Bonchev–Trinajstić information content (AvgIpc) is 2.96. The monoisotopic (exact) mass is 353 g/mol. The number of benzene rings is 2. The van der Waals surface area contributed by atoms with Gasteiger partial charge < -0.3 is 4.74 Å². The molecule has 0 saturated heterocycles. The summed E-state index contributed by atoms with van der Waals surface area (Å²) < 4.78 is 5.06. The van der Waals surface area contributed by atoms with E-state index in [9.17, 15) is 25.0 Å². The Labute approximate surface area is 146 Å². The minimum atomic E-state index is -0.790. The number of hydrogen-bond acceptors (Lipinski definition) is 7. The third kappa shape index (κ3) is 3.18. The minimum absolute atomic E-state index is 0.0945. The summed E-state index contributed by atoms with van der Waals surface area (Å²) in [5.74, 6) is -0.885. The quantitative estimate of drug-likeness (QED) is 0.360. The van der Waals surface area contributed by atoms with Crippen LogP contribution in [-0.4, -0.2) is 21.7 Å². The maximum absolute atomic E-state index is 12.0. The first-order chi connectivity index (χ1) is 12.4. The van der Waals surface area contributed by atoms with Crippen molar-refractivity contribution in [1.82, 2.24) is 0 Å². The molecule has 26 heavy (non-hydrogen) atoms. The molecule has 2 aromatic carbocycles. The number of nitro benzene ring substituents is 2. The van der Waals surface area contributed by atoms with E-state index in [-0.39, 0.29) is 34.1 Å². The number of carbonyl (C=O) groups is 1. The van der Waals surface area contributed by atoms with E-state index in [1.165, 1.54) is 36.4 Å². The Morgan fingerprint density at radius 1 is 1.04 bits per heavy atom. The number of para-hydroxylation sites is 1. The summed E-state index contributed by atoms with van der Waals surface area (Å²) in [7, 11) is 0. The number of cyclic esters (lactones) is 1. The second-order valence-electron chi connectivity index (χ2n) is 5.41. The Kier molecular flexibility index (Phi) is 4.27. The number of nitro groups is 2. The molecule has 0 fully saturated rings. The number of aliphatic imine (C=N–C) groups is 1. The fourth-order valence-electron chi connectivity index (χ4n) is 2.39. The largest absolute Gasteiger partial charge is 0.402 e. The van der Waals surface area contributed by atoms with Gasteiger partial charge in [-0.2, -0.15) is 0 Å². The Morgan fingerprint density at radius 3 is 2.42 bits per heavy atom. The van der Waals surface area contributed by atoms with Crippen LogP contribution in [0.5, 0.6) is 0 Å². The number of rotatable bonds is 4. The van der Waals surface area contributed by atoms with Crippen molar-refractivity contribution in [3.63, 3.8) is 0 Å². The molecular weight excluding hydrogens is 342 g/mol. The standard InChI is InChI=1S/C17H11N3O6/c1-10-6-7-12(9-15(10)20(24)25)16-18-13(17(21)26-16)8-11-4-2-3-5-14(11)19(22)23/h2-9H,1H3/b13-8-. The van der Waals surface area contributed by atoms with Gasteiger partial charge in [0, 0.05) is 23.3 Å². The number of hydrogen-bond donors (Lipinski definition) is 0. The molecule has 0 radical (unpaired) electrons. The van der Waals surface area contributed by atoms with Crippen LogP contribution < -0.4 is 0 Å². The Hall–Kier alpha value is -3.88. The fourth-order valence-corrected chi connectivity index (χ4v) is 2.39. The van der Waals surface area contributed by atoms with Crippen molar-refractivity contribution in [2.45, 2.75) is 6.92 Å². The molecule has 1 aliphatic heterocycles. The highest BCUT2D eigenvalue weighted by Crippen LogP contribution is 2.26. The highest BCUT2D eigenvalue weighted by molar-refractivity contribution is 6.13. The molecule has 2 aromatic rings. The Morgan fingerprint density at radius 2 is 1.73 bits per heavy atom. The van der Waals surface area contributed by atoms with Gasteiger partial charge in [-0.1, -0.05) is 18.2 Å². The number of carbonyl (C=O) groups excluding carboxylic acids is 1. The van der Waals surface area contributed by atoms with Gasteiger partial charge in [0.1, 0.15) is 0 Å². The van der Waals surface area contributed by atoms with E-state index < -0.39 is 15.8 Å². The summed E-state index contributed by atoms with van der Waals surface area (Å²) in [6.07, 6.45) is 1.25. The fraction of sp³-hybridized carbons (Fsp3) is 0.0588. The van der Waals surface area contributed by atoms with Gasteiger partial charge in [-0.25, -0.2) is 9.79 Å². The molecule has 0 saturated carbocycles. The molecule has 0 N–H and O–H groups in total. The first-order valence-electron chi connectivity index (χ1n) is 7.38. The molecule has 9 heteroatoms. The third-order valence-corrected chi connectivity index (χ3v) is 3.70. The molecule has 0 unspecified atom stereocenters. The van der Waals surface area contributed by atoms with Gasteiger partial charge in [0.25, 0.3) is 11.4 Å². The lowest BCUT2D eigenvalue weighted by atomic mass is 10.1. The lowest BCUT2D eigenvalue weighted by molar-refractivity contribution is -0.385. The molecule has 9 nitrogen and oxygen atoms in total. The summed E-state index contributed by atoms with van der Waals surface area (Å²) in [5.41, 5.74) is 0.489. The van der Waals surface area contributed by atoms with Gasteiger partial charge in [0.15, 0.2) is 5.70 Å². The second kappa shape index (κ2) is 6.55. The van der Waals surface area contributed by atoms with Gasteiger partial charge in [-0.05, 0) is 25.1 Å². The van der Waals surface area contributed by atoms with Gasteiger partial charge >= 0.3 is 5.97 Å². The first kappa shape index (κ1) is 17.0. The number of esters is 1. The molecule has 0 aromatic heterocycles. The van der Waals surface area contributed by atoms with Crippen LogP contribution in [0.2, 0.25) is 0 Å². The highest BCUT2D eigenvalue weighted by Gasteiger charge is 2.26. The molecule has 0 amide bonds. The summed E-state index contributed by atoms with van der Waals surface area (Å²) in [4.78, 5) is 37.0. The van der Waals surface area contributed by atoms with Crippen LogP contribution in [0.25, 0.3) is 6.08 Å². The molecular formula is C17H11N3O6. The number of ether oxygens (including phenoxy) is 1. The van der Waals surface area contributed by atoms with Gasteiger partial charge in [0.05, 0.1) is 15.4 Å². The van der Waals surface area contributed by atoms with Crippen molar-refractivity contribution in [3.05, 3.63) is 85.1 Å². The lowest BCUT2D eigenvalue weighted by Crippen LogP contribution is -2.06. The van der Waals surface area contributed by atoms with Crippen LogP contribution in [0.1, 0.15) is 16.7 Å². The summed E-state index contributed by atoms with van der Waals surface area (Å²) in [6.45, 7) is 1.59. The topological polar surface area (TPSA) is 125 Å². The van der Waals surface area contributed by atoms with E-state index >= 15 is 0 Å². The maximum atomic E-state index is 12.0. The summed E-state index contributed by atoms with van der Waals surface area (Å²) >= 11 is 0. The van der Waals surface area contributed by atoms with Gasteiger partial charge in [-0.15, -0.1) is 0 Å². The SMILES string of the molecule is Cc1ccc(C2=N/C(=C\c3ccccc3[N+](=O)[O-])C(=O)O2)cc1[N+](=O)[O-]. The van der Waals surface area contributed by atoms with Crippen LogP contribution >= 0.6 is 0 Å². The highest BCUT2D eigenvalue weighted by atomic mass is 16.6. The van der Waals surface area contributed by atoms with Crippen LogP contribution in [0, 0.1) is 27.2 Å². The zero-order chi connectivity index (χ0) is 18.8. The molecule has 0 spiro atoms. The van der Waals surface area contributed by atoms with Crippen LogP contribution in [0.4, 0.5) is 11.4 Å². The van der Waals surface area contributed by atoms with Crippen LogP contribution in [-0.2, 0) is 9.53 Å². The molecule has 0 bridgehead atoms. The predicted molar refractivity (Wildman–Crippen MR) is 91.5 cm³/mol. The maximum Gasteiger partial charge on any atom is 0.363 e. The summed E-state index contributed by atoms with van der Waals surface area (Å²) in [6, 6.07) is 10.2. The van der Waals surface area contributed by atoms with Gasteiger partial charge in [0.2, 0.25) is 5.90 Å².